The van der Waals surface area contributed by atoms with E-state index >= 15 is 0 Å². The van der Waals surface area contributed by atoms with Gasteiger partial charge in [-0.05, 0) is 32.1 Å². The number of alkyl halides is 1. The highest BCUT2D eigenvalue weighted by Crippen LogP contribution is 2.30. The number of aromatic nitrogens is 1. The molecule has 2 heterocycles. The molecule has 1 aromatic heterocycles. The number of rotatable bonds is 7. The summed E-state index contributed by atoms with van der Waals surface area (Å²) in [6.45, 7) is 2.84. The van der Waals surface area contributed by atoms with Gasteiger partial charge in [0, 0.05) is 25.2 Å². The minimum absolute atomic E-state index is 0.144. The molecule has 1 aromatic rings. The van der Waals surface area contributed by atoms with Gasteiger partial charge in [-0.15, -0.1) is 0 Å². The van der Waals surface area contributed by atoms with Crippen LogP contribution in [0.3, 0.4) is 0 Å². The van der Waals surface area contributed by atoms with E-state index in [2.05, 4.69) is 9.88 Å². The maximum Gasteiger partial charge on any atom is 0.211 e. The smallest absolute Gasteiger partial charge is 0.211 e. The Labute approximate surface area is 130 Å². The number of nitrogens with one attached hydrogen (secondary N) is 1. The van der Waals surface area contributed by atoms with Gasteiger partial charge in [0.2, 0.25) is 10.0 Å². The SMILES string of the molecule is Cc1cc(CN2C[C@@H](F)C[C@H]2CNS(=O)(=O)CC2CC2)on1. The van der Waals surface area contributed by atoms with E-state index in [0.717, 1.165) is 18.5 Å². The summed E-state index contributed by atoms with van der Waals surface area (Å²) >= 11 is 0. The van der Waals surface area contributed by atoms with Gasteiger partial charge in [0.25, 0.3) is 0 Å². The van der Waals surface area contributed by atoms with Crippen LogP contribution >= 0.6 is 0 Å². The number of halogens is 1. The molecule has 8 heteroatoms. The standard InChI is InChI=1S/C14H22FN3O3S/c1-10-4-14(21-17-10)8-18-7-12(15)5-13(18)6-16-22(19,20)9-11-2-3-11/h4,11-13,16H,2-3,5-9H2,1H3/t12-,13-/m0/s1. The third kappa shape index (κ3) is 4.27. The van der Waals surface area contributed by atoms with Gasteiger partial charge in [-0.3, -0.25) is 4.90 Å². The zero-order valence-electron chi connectivity index (χ0n) is 12.7. The molecule has 2 fully saturated rings. The fourth-order valence-corrected chi connectivity index (χ4v) is 4.41. The van der Waals surface area contributed by atoms with Crippen LogP contribution in [0.4, 0.5) is 4.39 Å². The zero-order chi connectivity index (χ0) is 15.7. The van der Waals surface area contributed by atoms with Crippen molar-refractivity contribution in [3.05, 3.63) is 17.5 Å². The van der Waals surface area contributed by atoms with Crippen LogP contribution in [0, 0.1) is 12.8 Å². The van der Waals surface area contributed by atoms with E-state index in [1.165, 1.54) is 0 Å². The van der Waals surface area contributed by atoms with Gasteiger partial charge in [0.1, 0.15) is 6.17 Å². The molecule has 1 N–H and O–H groups in total. The van der Waals surface area contributed by atoms with E-state index in [1.54, 1.807) is 0 Å². The molecule has 1 saturated heterocycles. The molecular weight excluding hydrogens is 309 g/mol. The van der Waals surface area contributed by atoms with Crippen molar-refractivity contribution >= 4 is 10.0 Å². The van der Waals surface area contributed by atoms with E-state index in [9.17, 15) is 12.8 Å². The number of nitrogens with zero attached hydrogens (tertiary/aromatic N) is 2. The molecule has 2 atom stereocenters. The van der Waals surface area contributed by atoms with Crippen molar-refractivity contribution in [3.63, 3.8) is 0 Å². The average molecular weight is 331 g/mol. The lowest BCUT2D eigenvalue weighted by molar-refractivity contribution is 0.208. The Morgan fingerprint density at radius 3 is 2.91 bits per heavy atom. The van der Waals surface area contributed by atoms with E-state index < -0.39 is 16.2 Å². The Bertz CT molecular complexity index is 615. The molecule has 0 aromatic carbocycles. The van der Waals surface area contributed by atoms with Crippen LogP contribution in [0.15, 0.2) is 10.6 Å². The minimum Gasteiger partial charge on any atom is -0.360 e. The lowest BCUT2D eigenvalue weighted by Gasteiger charge is -2.22. The summed E-state index contributed by atoms with van der Waals surface area (Å²) in [5.41, 5.74) is 0.785. The Hall–Kier alpha value is -0.990. The van der Waals surface area contributed by atoms with E-state index in [-0.39, 0.29) is 18.3 Å². The molecule has 1 aliphatic carbocycles. The molecule has 6 nitrogen and oxygen atoms in total. The molecule has 2 aliphatic rings. The van der Waals surface area contributed by atoms with Crippen LogP contribution in [0.1, 0.15) is 30.7 Å². The van der Waals surface area contributed by atoms with Crippen LogP contribution < -0.4 is 4.72 Å². The van der Waals surface area contributed by atoms with E-state index in [1.807, 2.05) is 17.9 Å². The van der Waals surface area contributed by atoms with E-state index in [0.29, 0.717) is 31.2 Å². The first-order valence-electron chi connectivity index (χ1n) is 7.69. The van der Waals surface area contributed by atoms with Gasteiger partial charge in [0.05, 0.1) is 18.0 Å². The summed E-state index contributed by atoms with van der Waals surface area (Å²) in [5, 5.41) is 3.82. The molecule has 0 unspecified atom stereocenters. The molecule has 0 bridgehead atoms. The fourth-order valence-electron chi connectivity index (χ4n) is 2.90. The average Bonchev–Trinajstić information content (AvgIpc) is 3.02. The van der Waals surface area contributed by atoms with Crippen molar-refractivity contribution in [2.45, 2.75) is 44.9 Å². The summed E-state index contributed by atoms with van der Waals surface area (Å²) < 4.78 is 45.4. The summed E-state index contributed by atoms with van der Waals surface area (Å²) in [5.74, 6) is 1.18. The van der Waals surface area contributed by atoms with Crippen molar-refractivity contribution in [1.29, 1.82) is 0 Å². The maximum absolute atomic E-state index is 13.7. The van der Waals surface area contributed by atoms with Crippen LogP contribution in [0.25, 0.3) is 0 Å². The zero-order valence-corrected chi connectivity index (χ0v) is 13.5. The first-order valence-corrected chi connectivity index (χ1v) is 9.34. The van der Waals surface area contributed by atoms with Gasteiger partial charge in [-0.25, -0.2) is 17.5 Å². The Morgan fingerprint density at radius 2 is 2.27 bits per heavy atom. The number of hydrogen-bond donors (Lipinski definition) is 1. The molecule has 22 heavy (non-hydrogen) atoms. The van der Waals surface area contributed by atoms with Gasteiger partial charge in [0.15, 0.2) is 5.76 Å². The van der Waals surface area contributed by atoms with Crippen molar-refractivity contribution < 1.29 is 17.3 Å². The Kier molecular flexibility index (Phi) is 4.52. The van der Waals surface area contributed by atoms with Gasteiger partial charge in [-0.2, -0.15) is 0 Å². The quantitative estimate of drug-likeness (QED) is 0.813. The predicted molar refractivity (Wildman–Crippen MR) is 79.5 cm³/mol. The minimum atomic E-state index is -3.25. The van der Waals surface area contributed by atoms with E-state index in [4.69, 9.17) is 4.52 Å². The lowest BCUT2D eigenvalue weighted by atomic mass is 10.2. The Balaban J connectivity index is 1.56. The second-order valence-corrected chi connectivity index (χ2v) is 8.28. The topological polar surface area (TPSA) is 75.4 Å². The second-order valence-electron chi connectivity index (χ2n) is 6.42. The molecule has 0 spiro atoms. The van der Waals surface area contributed by atoms with Crippen molar-refractivity contribution in [2.24, 2.45) is 5.92 Å². The number of aryl methyl sites for hydroxylation is 1. The number of sulfonamides is 1. The highest BCUT2D eigenvalue weighted by molar-refractivity contribution is 7.89. The Morgan fingerprint density at radius 1 is 1.50 bits per heavy atom. The molecule has 1 saturated carbocycles. The molecular formula is C14H22FN3O3S. The van der Waals surface area contributed by atoms with Gasteiger partial charge in [-0.1, -0.05) is 5.16 Å². The van der Waals surface area contributed by atoms with Crippen LogP contribution in [-0.4, -0.2) is 49.5 Å². The summed E-state index contributed by atoms with van der Waals surface area (Å²) in [7, 11) is -3.25. The molecule has 3 rings (SSSR count). The van der Waals surface area contributed by atoms with Crippen molar-refractivity contribution in [3.8, 4) is 0 Å². The van der Waals surface area contributed by atoms with Crippen molar-refractivity contribution in [2.75, 3.05) is 18.8 Å². The molecule has 1 aliphatic heterocycles. The lowest BCUT2D eigenvalue weighted by Crippen LogP contribution is -2.40. The van der Waals surface area contributed by atoms with Crippen LogP contribution in [0.5, 0.6) is 0 Å². The molecule has 0 radical (unpaired) electrons. The highest BCUT2D eigenvalue weighted by atomic mass is 32.2. The first kappa shape index (κ1) is 15.9. The highest BCUT2D eigenvalue weighted by Gasteiger charge is 2.34. The summed E-state index contributed by atoms with van der Waals surface area (Å²) in [6.07, 6.45) is 1.41. The monoisotopic (exact) mass is 331 g/mol. The molecule has 124 valence electrons. The third-order valence-electron chi connectivity index (χ3n) is 4.20. The van der Waals surface area contributed by atoms with Gasteiger partial charge >= 0.3 is 0 Å². The van der Waals surface area contributed by atoms with Crippen molar-refractivity contribution in [1.82, 2.24) is 14.8 Å². The largest absolute Gasteiger partial charge is 0.360 e. The summed E-state index contributed by atoms with van der Waals surface area (Å²) in [6, 6.07) is 1.68. The van der Waals surface area contributed by atoms with Crippen LogP contribution in [0.2, 0.25) is 0 Å². The molecule has 0 amide bonds. The fraction of sp³-hybridized carbons (Fsp3) is 0.786. The summed E-state index contributed by atoms with van der Waals surface area (Å²) in [4.78, 5) is 1.92. The van der Waals surface area contributed by atoms with Gasteiger partial charge < -0.3 is 4.52 Å². The van der Waals surface area contributed by atoms with Crippen LogP contribution in [-0.2, 0) is 16.6 Å². The third-order valence-corrected chi connectivity index (χ3v) is 5.72. The second kappa shape index (κ2) is 6.25. The number of likely N-dealkylation sites (tertiary alicyclic amines) is 1. The first-order chi connectivity index (χ1) is 10.4. The predicted octanol–water partition coefficient (Wildman–Crippen LogP) is 1.22. The number of hydrogen-bond acceptors (Lipinski definition) is 5. The normalized spacial score (nSPS) is 26.6. The maximum atomic E-state index is 13.7.